The topological polar surface area (TPSA) is 75.7 Å². The highest BCUT2D eigenvalue weighted by atomic mass is 32.2. The van der Waals surface area contributed by atoms with E-state index in [0.717, 1.165) is 17.1 Å². The number of hydrogen-bond donors (Lipinski definition) is 1. The normalized spacial score (nSPS) is 12.9. The summed E-state index contributed by atoms with van der Waals surface area (Å²) in [5.74, 6) is 0.309. The number of ether oxygens (including phenoxy) is 1. The second-order valence-electron chi connectivity index (χ2n) is 5.42. The van der Waals surface area contributed by atoms with E-state index in [1.807, 2.05) is 20.8 Å². The average Bonchev–Trinajstić information content (AvgIpc) is 2.48. The number of sulfonamides is 1. The van der Waals surface area contributed by atoms with Crippen LogP contribution < -0.4 is 10.1 Å². The van der Waals surface area contributed by atoms with Crippen molar-refractivity contribution in [3.8, 4) is 5.75 Å². The Balaban J connectivity index is 2.73. The van der Waals surface area contributed by atoms with Crippen LogP contribution in [-0.4, -0.2) is 44.9 Å². The Bertz CT molecular complexity index is 599. The Morgan fingerprint density at radius 3 is 2.39 bits per heavy atom. The Kier molecular flexibility index (Phi) is 7.51. The number of likely N-dealkylation sites (N-methyl/N-ethyl adjacent to an activating group) is 1. The molecular weight excluding hydrogens is 316 g/mol. The fourth-order valence-electron chi connectivity index (χ4n) is 2.17. The van der Waals surface area contributed by atoms with Crippen molar-refractivity contribution in [2.75, 3.05) is 20.2 Å². The van der Waals surface area contributed by atoms with Crippen molar-refractivity contribution in [1.82, 2.24) is 9.62 Å². The van der Waals surface area contributed by atoms with Gasteiger partial charge in [0.05, 0.1) is 18.0 Å². The first-order chi connectivity index (χ1) is 10.8. The smallest absolute Gasteiger partial charge is 0.243 e. The maximum absolute atomic E-state index is 12.5. The van der Waals surface area contributed by atoms with Gasteiger partial charge in [0.2, 0.25) is 15.9 Å². The molecule has 0 unspecified atom stereocenters. The van der Waals surface area contributed by atoms with Crippen LogP contribution in [0.2, 0.25) is 0 Å². The van der Waals surface area contributed by atoms with Crippen molar-refractivity contribution in [3.05, 3.63) is 24.3 Å². The zero-order valence-electron chi connectivity index (χ0n) is 14.2. The highest BCUT2D eigenvalue weighted by molar-refractivity contribution is 7.89. The average molecular weight is 342 g/mol. The van der Waals surface area contributed by atoms with Gasteiger partial charge in [0, 0.05) is 13.1 Å². The number of nitrogens with one attached hydrogen (secondary N) is 1. The predicted molar refractivity (Wildman–Crippen MR) is 89.9 cm³/mol. The van der Waals surface area contributed by atoms with Gasteiger partial charge in [-0.25, -0.2) is 8.42 Å². The Morgan fingerprint density at radius 2 is 1.87 bits per heavy atom. The molecule has 0 saturated carbocycles. The summed E-state index contributed by atoms with van der Waals surface area (Å²) in [6, 6.07) is 6.21. The van der Waals surface area contributed by atoms with Crippen molar-refractivity contribution < 1.29 is 17.9 Å². The number of carbonyl (C=O) groups is 1. The summed E-state index contributed by atoms with van der Waals surface area (Å²) in [5.41, 5.74) is 0. The largest absolute Gasteiger partial charge is 0.494 e. The van der Waals surface area contributed by atoms with Crippen molar-refractivity contribution in [2.24, 2.45) is 0 Å². The summed E-state index contributed by atoms with van der Waals surface area (Å²) in [4.78, 5) is 12.1. The second-order valence-corrected chi connectivity index (χ2v) is 7.47. The van der Waals surface area contributed by atoms with Crippen LogP contribution in [0.4, 0.5) is 0 Å². The summed E-state index contributed by atoms with van der Waals surface area (Å²) < 4.78 is 31.3. The van der Waals surface area contributed by atoms with E-state index in [2.05, 4.69) is 5.32 Å². The van der Waals surface area contributed by atoms with E-state index in [0.29, 0.717) is 12.4 Å². The lowest BCUT2D eigenvalue weighted by molar-refractivity contribution is -0.121. The molecule has 130 valence electrons. The maximum Gasteiger partial charge on any atom is 0.243 e. The molecule has 0 aliphatic rings. The van der Waals surface area contributed by atoms with Gasteiger partial charge in [0.25, 0.3) is 0 Å². The molecule has 0 bridgehead atoms. The molecule has 23 heavy (non-hydrogen) atoms. The van der Waals surface area contributed by atoms with Gasteiger partial charge < -0.3 is 10.1 Å². The van der Waals surface area contributed by atoms with Gasteiger partial charge in [-0.15, -0.1) is 0 Å². The van der Waals surface area contributed by atoms with E-state index in [1.165, 1.54) is 19.2 Å². The van der Waals surface area contributed by atoms with E-state index < -0.39 is 10.0 Å². The molecule has 1 rings (SSSR count). The molecule has 0 aliphatic heterocycles. The third kappa shape index (κ3) is 5.84. The summed E-state index contributed by atoms with van der Waals surface area (Å²) >= 11 is 0. The number of rotatable bonds is 9. The van der Waals surface area contributed by atoms with Gasteiger partial charge in [-0.05, 0) is 44.5 Å². The number of nitrogens with zero attached hydrogens (tertiary/aromatic N) is 1. The maximum atomic E-state index is 12.5. The Hall–Kier alpha value is -1.60. The first-order valence-corrected chi connectivity index (χ1v) is 9.23. The number of amides is 1. The molecule has 0 heterocycles. The van der Waals surface area contributed by atoms with Crippen LogP contribution >= 0.6 is 0 Å². The molecule has 0 radical (unpaired) electrons. The fraction of sp³-hybridized carbons (Fsp3) is 0.562. The lowest BCUT2D eigenvalue weighted by Gasteiger charge is -2.19. The zero-order chi connectivity index (χ0) is 17.5. The lowest BCUT2D eigenvalue weighted by atomic mass is 10.2. The molecule has 0 aliphatic carbocycles. The number of hydrogen-bond acceptors (Lipinski definition) is 4. The van der Waals surface area contributed by atoms with Crippen LogP contribution in [-0.2, 0) is 14.8 Å². The predicted octanol–water partition coefficient (Wildman–Crippen LogP) is 2.01. The van der Waals surface area contributed by atoms with E-state index in [-0.39, 0.29) is 23.4 Å². The third-order valence-corrected chi connectivity index (χ3v) is 5.16. The Morgan fingerprint density at radius 1 is 1.26 bits per heavy atom. The van der Waals surface area contributed by atoms with E-state index >= 15 is 0 Å². The second kappa shape index (κ2) is 8.88. The van der Waals surface area contributed by atoms with Gasteiger partial charge in [0.1, 0.15) is 5.75 Å². The van der Waals surface area contributed by atoms with Gasteiger partial charge in [-0.1, -0.05) is 13.3 Å². The standard InChI is InChI=1S/C16H26N2O4S/c1-5-7-13(3)17-16(19)12-18(4)23(20,21)15-10-8-14(9-11-15)22-6-2/h8-11,13H,5-7,12H2,1-4H3,(H,17,19)/t13-/m0/s1. The molecule has 7 heteroatoms. The third-order valence-electron chi connectivity index (χ3n) is 3.34. The van der Waals surface area contributed by atoms with Crippen molar-refractivity contribution >= 4 is 15.9 Å². The van der Waals surface area contributed by atoms with E-state index in [1.54, 1.807) is 12.1 Å². The monoisotopic (exact) mass is 342 g/mol. The lowest BCUT2D eigenvalue weighted by Crippen LogP contribution is -2.41. The van der Waals surface area contributed by atoms with Gasteiger partial charge in [-0.2, -0.15) is 4.31 Å². The first-order valence-electron chi connectivity index (χ1n) is 7.79. The molecule has 0 aromatic heterocycles. The number of carbonyl (C=O) groups excluding carboxylic acids is 1. The van der Waals surface area contributed by atoms with Crippen molar-refractivity contribution in [2.45, 2.75) is 44.6 Å². The minimum atomic E-state index is -3.70. The van der Waals surface area contributed by atoms with E-state index in [4.69, 9.17) is 4.74 Å². The summed E-state index contributed by atoms with van der Waals surface area (Å²) in [5, 5.41) is 2.80. The van der Waals surface area contributed by atoms with Crippen LogP contribution in [0.1, 0.15) is 33.6 Å². The van der Waals surface area contributed by atoms with Gasteiger partial charge in [0.15, 0.2) is 0 Å². The molecule has 0 fully saturated rings. The zero-order valence-corrected chi connectivity index (χ0v) is 15.0. The van der Waals surface area contributed by atoms with Crippen LogP contribution in [0.25, 0.3) is 0 Å². The van der Waals surface area contributed by atoms with Crippen molar-refractivity contribution in [1.29, 1.82) is 0 Å². The molecule has 0 spiro atoms. The minimum absolute atomic E-state index is 0.0362. The van der Waals surface area contributed by atoms with Crippen LogP contribution in [0.15, 0.2) is 29.2 Å². The van der Waals surface area contributed by atoms with Crippen LogP contribution in [0.3, 0.4) is 0 Å². The number of benzene rings is 1. The first kappa shape index (κ1) is 19.4. The summed E-state index contributed by atoms with van der Waals surface area (Å²) in [6.07, 6.45) is 1.82. The molecule has 6 nitrogen and oxygen atoms in total. The molecule has 1 amide bonds. The van der Waals surface area contributed by atoms with Crippen LogP contribution in [0, 0.1) is 0 Å². The summed E-state index contributed by atoms with van der Waals surface area (Å²) in [6.45, 7) is 6.11. The molecular formula is C16H26N2O4S. The molecule has 1 atom stereocenters. The SMILES string of the molecule is CCC[C@H](C)NC(=O)CN(C)S(=O)(=O)c1ccc(OCC)cc1. The molecule has 1 N–H and O–H groups in total. The minimum Gasteiger partial charge on any atom is -0.494 e. The highest BCUT2D eigenvalue weighted by Crippen LogP contribution is 2.18. The molecule has 1 aromatic rings. The van der Waals surface area contributed by atoms with Gasteiger partial charge >= 0.3 is 0 Å². The van der Waals surface area contributed by atoms with Gasteiger partial charge in [-0.3, -0.25) is 4.79 Å². The van der Waals surface area contributed by atoms with Crippen molar-refractivity contribution in [3.63, 3.8) is 0 Å². The summed E-state index contributed by atoms with van der Waals surface area (Å²) in [7, 11) is -2.30. The molecule has 0 saturated heterocycles. The molecule has 1 aromatic carbocycles. The van der Waals surface area contributed by atoms with E-state index in [9.17, 15) is 13.2 Å². The highest BCUT2D eigenvalue weighted by Gasteiger charge is 2.23. The Labute approximate surface area is 138 Å². The quantitative estimate of drug-likeness (QED) is 0.745. The van der Waals surface area contributed by atoms with Crippen LogP contribution in [0.5, 0.6) is 5.75 Å². The fourth-order valence-corrected chi connectivity index (χ4v) is 3.29.